The van der Waals surface area contributed by atoms with Gasteiger partial charge >= 0.3 is 11.9 Å². The summed E-state index contributed by atoms with van der Waals surface area (Å²) in [6.45, 7) is 1.47. The smallest absolute Gasteiger partial charge is 0.317 e. The summed E-state index contributed by atoms with van der Waals surface area (Å²) in [5, 5.41) is 16.8. The second-order valence-electron chi connectivity index (χ2n) is 2.28. The summed E-state index contributed by atoms with van der Waals surface area (Å²) in [6, 6.07) is 0. The largest absolute Gasteiger partial charge is 0.481 e. The summed E-state index contributed by atoms with van der Waals surface area (Å²) in [5.41, 5.74) is 0. The molecule has 0 heterocycles. The lowest BCUT2D eigenvalue weighted by molar-refractivity contribution is -0.142. The first-order valence-corrected chi connectivity index (χ1v) is 3.96. The fourth-order valence-corrected chi connectivity index (χ4v) is 1.07. The van der Waals surface area contributed by atoms with Crippen molar-refractivity contribution in [3.8, 4) is 0 Å². The third kappa shape index (κ3) is 3.98. The predicted octanol–water partition coefficient (Wildman–Crippen LogP) is 0.945. The molecule has 64 valence electrons. The number of rotatable bonds is 4. The Bertz CT molecular complexity index is 150. The number of alkyl halides is 1. The maximum atomic E-state index is 10.2. The molecule has 0 bridgehead atoms. The average Bonchev–Trinajstić information content (AvgIpc) is 1.87. The first-order valence-electron chi connectivity index (χ1n) is 3.04. The number of hydrogen-bond donors (Lipinski definition) is 2. The lowest BCUT2D eigenvalue weighted by atomic mass is 10.1. The molecule has 0 saturated carbocycles. The van der Waals surface area contributed by atoms with E-state index in [1.165, 1.54) is 6.92 Å². The first kappa shape index (κ1) is 10.4. The lowest BCUT2D eigenvalue weighted by Crippen LogP contribution is -2.20. The molecule has 0 aromatic heterocycles. The average molecular weight is 225 g/mol. The molecule has 0 aromatic carbocycles. The van der Waals surface area contributed by atoms with Crippen molar-refractivity contribution in [2.24, 2.45) is 5.92 Å². The van der Waals surface area contributed by atoms with Crippen molar-refractivity contribution < 1.29 is 19.8 Å². The van der Waals surface area contributed by atoms with Gasteiger partial charge in [0, 0.05) is 0 Å². The molecule has 2 N–H and O–H groups in total. The van der Waals surface area contributed by atoms with Gasteiger partial charge < -0.3 is 10.2 Å². The van der Waals surface area contributed by atoms with Crippen molar-refractivity contribution in [2.45, 2.75) is 18.2 Å². The van der Waals surface area contributed by atoms with Crippen LogP contribution in [0.25, 0.3) is 0 Å². The minimum atomic E-state index is -1.03. The lowest BCUT2D eigenvalue weighted by Gasteiger charge is -2.07. The molecule has 0 saturated heterocycles. The van der Waals surface area contributed by atoms with Gasteiger partial charge in [0.05, 0.1) is 5.92 Å². The van der Waals surface area contributed by atoms with Crippen LogP contribution in [0.1, 0.15) is 13.3 Å². The van der Waals surface area contributed by atoms with E-state index >= 15 is 0 Å². The van der Waals surface area contributed by atoms with E-state index < -0.39 is 22.7 Å². The zero-order valence-corrected chi connectivity index (χ0v) is 7.54. The van der Waals surface area contributed by atoms with Crippen LogP contribution in [0.2, 0.25) is 0 Å². The Hall–Kier alpha value is -0.580. The van der Waals surface area contributed by atoms with Gasteiger partial charge in [0.25, 0.3) is 0 Å². The summed E-state index contributed by atoms with van der Waals surface area (Å²) in [4.78, 5) is 19.7. The second kappa shape index (κ2) is 4.33. The van der Waals surface area contributed by atoms with Crippen molar-refractivity contribution in [1.29, 1.82) is 0 Å². The summed E-state index contributed by atoms with van der Waals surface area (Å²) in [5.74, 6) is -2.63. The normalized spacial score (nSPS) is 15.5. The van der Waals surface area contributed by atoms with Gasteiger partial charge in [0.1, 0.15) is 4.83 Å². The van der Waals surface area contributed by atoms with Crippen LogP contribution in [-0.2, 0) is 9.59 Å². The van der Waals surface area contributed by atoms with Crippen LogP contribution in [0.15, 0.2) is 0 Å². The van der Waals surface area contributed by atoms with E-state index in [1.807, 2.05) is 0 Å². The summed E-state index contributed by atoms with van der Waals surface area (Å²) in [6.07, 6.45) is 0.102. The number of hydrogen-bond acceptors (Lipinski definition) is 2. The molecule has 0 aromatic rings. The van der Waals surface area contributed by atoms with E-state index in [-0.39, 0.29) is 6.42 Å². The molecule has 5 heteroatoms. The van der Waals surface area contributed by atoms with Crippen molar-refractivity contribution >= 4 is 27.9 Å². The van der Waals surface area contributed by atoms with E-state index in [2.05, 4.69) is 15.9 Å². The van der Waals surface area contributed by atoms with Crippen LogP contribution in [0, 0.1) is 5.92 Å². The number of carboxylic acid groups (broad SMARTS) is 2. The van der Waals surface area contributed by atoms with E-state index in [0.717, 1.165) is 0 Å². The highest BCUT2D eigenvalue weighted by Crippen LogP contribution is 2.13. The van der Waals surface area contributed by atoms with Gasteiger partial charge in [-0.15, -0.1) is 0 Å². The first-order chi connectivity index (χ1) is 4.95. The highest BCUT2D eigenvalue weighted by Gasteiger charge is 2.20. The summed E-state index contributed by atoms with van der Waals surface area (Å²) >= 11 is 2.85. The van der Waals surface area contributed by atoms with Crippen LogP contribution in [0.3, 0.4) is 0 Å². The Kier molecular flexibility index (Phi) is 4.10. The molecular weight excluding hydrogens is 216 g/mol. The SMILES string of the molecule is CC(CC(Br)C(=O)O)C(=O)O. The third-order valence-electron chi connectivity index (χ3n) is 1.25. The molecule has 0 aliphatic heterocycles. The maximum absolute atomic E-state index is 10.2. The molecule has 2 unspecified atom stereocenters. The number of halogens is 1. The zero-order valence-electron chi connectivity index (χ0n) is 5.95. The van der Waals surface area contributed by atoms with Gasteiger partial charge in [-0.2, -0.15) is 0 Å². The van der Waals surface area contributed by atoms with Crippen LogP contribution in [0.5, 0.6) is 0 Å². The van der Waals surface area contributed by atoms with Gasteiger partial charge in [-0.3, -0.25) is 9.59 Å². The summed E-state index contributed by atoms with van der Waals surface area (Å²) < 4.78 is 0. The number of carboxylic acids is 2. The minimum absolute atomic E-state index is 0.102. The molecule has 0 radical (unpaired) electrons. The molecule has 0 rings (SSSR count). The van der Waals surface area contributed by atoms with Gasteiger partial charge in [0.2, 0.25) is 0 Å². The Labute approximate surface area is 72.3 Å². The molecular formula is C6H9BrO4. The fourth-order valence-electron chi connectivity index (χ4n) is 0.512. The third-order valence-corrected chi connectivity index (χ3v) is 2.02. The topological polar surface area (TPSA) is 74.6 Å². The van der Waals surface area contributed by atoms with E-state index in [1.54, 1.807) is 0 Å². The van der Waals surface area contributed by atoms with Crippen LogP contribution in [0.4, 0.5) is 0 Å². The molecule has 0 amide bonds. The van der Waals surface area contributed by atoms with Gasteiger partial charge in [-0.05, 0) is 6.42 Å². The van der Waals surface area contributed by atoms with Gasteiger partial charge in [0.15, 0.2) is 0 Å². The Morgan fingerprint density at radius 2 is 1.82 bits per heavy atom. The maximum Gasteiger partial charge on any atom is 0.317 e. The quantitative estimate of drug-likeness (QED) is 0.698. The molecule has 4 nitrogen and oxygen atoms in total. The molecule has 0 aliphatic carbocycles. The molecule has 2 atom stereocenters. The molecule has 0 spiro atoms. The van der Waals surface area contributed by atoms with Crippen LogP contribution < -0.4 is 0 Å². The van der Waals surface area contributed by atoms with E-state index in [0.29, 0.717) is 0 Å². The number of aliphatic carboxylic acids is 2. The van der Waals surface area contributed by atoms with Crippen LogP contribution in [-0.4, -0.2) is 27.0 Å². The minimum Gasteiger partial charge on any atom is -0.481 e. The second-order valence-corrected chi connectivity index (χ2v) is 3.39. The fraction of sp³-hybridized carbons (Fsp3) is 0.667. The number of carbonyl (C=O) groups is 2. The Morgan fingerprint density at radius 1 is 1.36 bits per heavy atom. The molecule has 11 heavy (non-hydrogen) atoms. The van der Waals surface area contributed by atoms with E-state index in [9.17, 15) is 9.59 Å². The van der Waals surface area contributed by atoms with Crippen molar-refractivity contribution in [3.63, 3.8) is 0 Å². The van der Waals surface area contributed by atoms with Crippen molar-refractivity contribution in [1.82, 2.24) is 0 Å². The highest BCUT2D eigenvalue weighted by molar-refractivity contribution is 9.10. The van der Waals surface area contributed by atoms with Crippen molar-refractivity contribution in [2.75, 3.05) is 0 Å². The highest BCUT2D eigenvalue weighted by atomic mass is 79.9. The van der Waals surface area contributed by atoms with Crippen molar-refractivity contribution in [3.05, 3.63) is 0 Å². The van der Waals surface area contributed by atoms with Crippen LogP contribution >= 0.6 is 15.9 Å². The predicted molar refractivity (Wildman–Crippen MR) is 41.8 cm³/mol. The molecule has 0 fully saturated rings. The Balaban J connectivity index is 3.84. The van der Waals surface area contributed by atoms with E-state index in [4.69, 9.17) is 10.2 Å². The monoisotopic (exact) mass is 224 g/mol. The summed E-state index contributed by atoms with van der Waals surface area (Å²) in [7, 11) is 0. The van der Waals surface area contributed by atoms with Gasteiger partial charge in [-0.25, -0.2) is 0 Å². The standard InChI is InChI=1S/C6H9BrO4/c1-3(5(8)9)2-4(7)6(10)11/h3-4H,2H2,1H3,(H,8,9)(H,10,11). The Morgan fingerprint density at radius 3 is 2.09 bits per heavy atom. The van der Waals surface area contributed by atoms with Gasteiger partial charge in [-0.1, -0.05) is 22.9 Å². The zero-order chi connectivity index (χ0) is 9.02. The molecule has 0 aliphatic rings.